The third kappa shape index (κ3) is 5.57. The number of amides is 2. The minimum atomic E-state index is -0.188. The molecule has 0 radical (unpaired) electrons. The van der Waals surface area contributed by atoms with Gasteiger partial charge >= 0.3 is 6.03 Å². The van der Waals surface area contributed by atoms with Crippen LogP contribution < -0.4 is 5.32 Å². The zero-order chi connectivity index (χ0) is 20.6. The third-order valence-corrected chi connectivity index (χ3v) is 5.71. The molecule has 0 saturated carbocycles. The first-order chi connectivity index (χ1) is 14.1. The van der Waals surface area contributed by atoms with Crippen LogP contribution in [0, 0.1) is 5.82 Å². The normalized spacial score (nSPS) is 11.8. The molecule has 0 fully saturated rings. The predicted octanol–water partition coefficient (Wildman–Crippen LogP) is 4.04. The van der Waals surface area contributed by atoms with Crippen molar-refractivity contribution in [1.29, 1.82) is 0 Å². The van der Waals surface area contributed by atoms with Gasteiger partial charge in [-0.1, -0.05) is 30.3 Å². The summed E-state index contributed by atoms with van der Waals surface area (Å²) in [6, 6.07) is 14.4. The Morgan fingerprint density at radius 1 is 1.24 bits per heavy atom. The zero-order valence-corrected chi connectivity index (χ0v) is 17.3. The quantitative estimate of drug-likeness (QED) is 0.566. The number of rotatable bonds is 8. The summed E-state index contributed by atoms with van der Waals surface area (Å²) in [6.07, 6.45) is 3.13. The fourth-order valence-electron chi connectivity index (χ4n) is 2.80. The molecule has 0 aliphatic heterocycles. The van der Waals surface area contributed by atoms with E-state index in [-0.39, 0.29) is 17.9 Å². The molecular formula is C21H24FN5OS. The number of hydrogen-bond acceptors (Lipinski definition) is 4. The minimum Gasteiger partial charge on any atom is -0.337 e. The van der Waals surface area contributed by atoms with E-state index in [0.29, 0.717) is 17.9 Å². The van der Waals surface area contributed by atoms with Crippen molar-refractivity contribution in [3.8, 4) is 5.69 Å². The van der Waals surface area contributed by atoms with Gasteiger partial charge < -0.3 is 10.2 Å². The fourth-order valence-corrected chi connectivity index (χ4v) is 3.64. The molecule has 0 spiro atoms. The Bertz CT molecular complexity index is 917. The average molecular weight is 414 g/mol. The summed E-state index contributed by atoms with van der Waals surface area (Å²) < 4.78 is 15.3. The van der Waals surface area contributed by atoms with Crippen molar-refractivity contribution >= 4 is 17.8 Å². The largest absolute Gasteiger partial charge is 0.337 e. The number of thioether (sulfide) groups is 1. The Morgan fingerprint density at radius 2 is 2.00 bits per heavy atom. The molecule has 0 aliphatic carbocycles. The highest BCUT2D eigenvalue weighted by atomic mass is 32.2. The maximum absolute atomic E-state index is 13.6. The molecule has 1 unspecified atom stereocenters. The van der Waals surface area contributed by atoms with Gasteiger partial charge in [-0.3, -0.25) is 0 Å². The average Bonchev–Trinajstić information content (AvgIpc) is 3.28. The van der Waals surface area contributed by atoms with Crippen molar-refractivity contribution < 1.29 is 9.18 Å². The molecule has 29 heavy (non-hydrogen) atoms. The molecular weight excluding hydrogens is 389 g/mol. The summed E-state index contributed by atoms with van der Waals surface area (Å²) in [5.74, 6) is 1.12. The highest BCUT2D eigenvalue weighted by Crippen LogP contribution is 2.20. The first kappa shape index (κ1) is 20.9. The van der Waals surface area contributed by atoms with Crippen molar-refractivity contribution in [2.24, 2.45) is 0 Å². The van der Waals surface area contributed by atoms with Gasteiger partial charge in [0.2, 0.25) is 0 Å². The van der Waals surface area contributed by atoms with Gasteiger partial charge in [-0.15, -0.1) is 0 Å². The van der Waals surface area contributed by atoms with Gasteiger partial charge in [-0.2, -0.15) is 16.9 Å². The molecule has 3 rings (SSSR count). The van der Waals surface area contributed by atoms with E-state index in [1.54, 1.807) is 46.9 Å². The summed E-state index contributed by atoms with van der Waals surface area (Å²) in [5, 5.41) is 7.02. The fraction of sp³-hybridized carbons (Fsp3) is 0.286. The molecule has 1 atom stereocenters. The van der Waals surface area contributed by atoms with Gasteiger partial charge in [0.1, 0.15) is 18.5 Å². The van der Waals surface area contributed by atoms with Crippen molar-refractivity contribution in [2.45, 2.75) is 18.7 Å². The monoisotopic (exact) mass is 413 g/mol. The predicted molar refractivity (Wildman–Crippen MR) is 113 cm³/mol. The number of hydrogen-bond donors (Lipinski definition) is 1. The summed E-state index contributed by atoms with van der Waals surface area (Å²) in [6.45, 7) is 2.51. The molecule has 1 aromatic heterocycles. The van der Waals surface area contributed by atoms with E-state index in [0.717, 1.165) is 17.0 Å². The van der Waals surface area contributed by atoms with Crippen LogP contribution in [-0.2, 0) is 5.75 Å². The number of carbonyl (C=O) groups is 1. The van der Waals surface area contributed by atoms with Crippen LogP contribution in [0.25, 0.3) is 5.69 Å². The van der Waals surface area contributed by atoms with Crippen LogP contribution >= 0.6 is 11.8 Å². The van der Waals surface area contributed by atoms with E-state index >= 15 is 0 Å². The van der Waals surface area contributed by atoms with Crippen molar-refractivity contribution in [1.82, 2.24) is 25.0 Å². The maximum Gasteiger partial charge on any atom is 0.317 e. The first-order valence-electron chi connectivity index (χ1n) is 9.33. The summed E-state index contributed by atoms with van der Waals surface area (Å²) >= 11 is 1.59. The topological polar surface area (TPSA) is 63.1 Å². The molecule has 1 N–H and O–H groups in total. The Kier molecular flexibility index (Phi) is 7.24. The third-order valence-electron chi connectivity index (χ3n) is 4.70. The lowest BCUT2D eigenvalue weighted by atomic mass is 10.1. The summed E-state index contributed by atoms with van der Waals surface area (Å²) in [7, 11) is 1.78. The van der Waals surface area contributed by atoms with Crippen molar-refractivity contribution in [3.63, 3.8) is 0 Å². The van der Waals surface area contributed by atoms with Gasteiger partial charge in [0.05, 0.1) is 11.7 Å². The Balaban J connectivity index is 1.43. The van der Waals surface area contributed by atoms with E-state index < -0.39 is 0 Å². The number of urea groups is 1. The molecule has 152 valence electrons. The van der Waals surface area contributed by atoms with Crippen molar-refractivity contribution in [3.05, 3.63) is 78.1 Å². The molecule has 1 heterocycles. The summed E-state index contributed by atoms with van der Waals surface area (Å²) in [4.78, 5) is 18.0. The number of aromatic nitrogens is 3. The smallest absolute Gasteiger partial charge is 0.317 e. The van der Waals surface area contributed by atoms with Gasteiger partial charge in [-0.05, 0) is 36.2 Å². The highest BCUT2D eigenvalue weighted by Gasteiger charge is 2.17. The number of nitrogens with zero attached hydrogens (tertiary/aromatic N) is 4. The van der Waals surface area contributed by atoms with Crippen LogP contribution in [0.2, 0.25) is 0 Å². The number of benzene rings is 2. The number of halogens is 1. The molecule has 6 nitrogen and oxygen atoms in total. The second-order valence-corrected chi connectivity index (χ2v) is 7.70. The van der Waals surface area contributed by atoms with E-state index in [4.69, 9.17) is 0 Å². The standard InChI is InChI=1S/C21H24FN5OS/c1-16(17-7-9-19(10-8-17)27-15-23-14-25-27)26(2)21(28)24-11-12-29-13-18-5-3-4-6-20(18)22/h3-10,14-16H,11-13H2,1-2H3,(H,24,28). The van der Waals surface area contributed by atoms with Gasteiger partial charge in [0, 0.05) is 25.1 Å². The lowest BCUT2D eigenvalue weighted by molar-refractivity contribution is 0.195. The lowest BCUT2D eigenvalue weighted by Gasteiger charge is -2.25. The van der Waals surface area contributed by atoms with E-state index in [9.17, 15) is 9.18 Å². The Hall–Kier alpha value is -2.87. The number of nitrogens with one attached hydrogen (secondary N) is 1. The molecule has 8 heteroatoms. The van der Waals surface area contributed by atoms with Crippen LogP contribution in [0.3, 0.4) is 0 Å². The van der Waals surface area contributed by atoms with Crippen molar-refractivity contribution in [2.75, 3.05) is 19.3 Å². The SMILES string of the molecule is CC(c1ccc(-n2cncn2)cc1)N(C)C(=O)NCCSCc1ccccc1F. The van der Waals surface area contributed by atoms with Gasteiger partial charge in [0.15, 0.2) is 0 Å². The molecule has 3 aromatic rings. The van der Waals surface area contributed by atoms with Crippen LogP contribution in [-0.4, -0.2) is 45.0 Å². The van der Waals surface area contributed by atoms with E-state index in [1.807, 2.05) is 37.3 Å². The van der Waals surface area contributed by atoms with Gasteiger partial charge in [-0.25, -0.2) is 18.9 Å². The Morgan fingerprint density at radius 3 is 2.69 bits per heavy atom. The molecule has 0 saturated heterocycles. The maximum atomic E-state index is 13.6. The van der Waals surface area contributed by atoms with Crippen LogP contribution in [0.5, 0.6) is 0 Å². The van der Waals surface area contributed by atoms with E-state index in [2.05, 4.69) is 15.4 Å². The summed E-state index contributed by atoms with van der Waals surface area (Å²) in [5.41, 5.74) is 2.63. The van der Waals surface area contributed by atoms with Crippen LogP contribution in [0.15, 0.2) is 61.2 Å². The van der Waals surface area contributed by atoms with E-state index in [1.165, 1.54) is 12.4 Å². The molecule has 2 amide bonds. The second kappa shape index (κ2) is 10.1. The van der Waals surface area contributed by atoms with Gasteiger partial charge in [0.25, 0.3) is 0 Å². The molecule has 0 bridgehead atoms. The molecule has 0 aliphatic rings. The Labute approximate surface area is 174 Å². The van der Waals surface area contributed by atoms with Crippen LogP contribution in [0.1, 0.15) is 24.1 Å². The number of carbonyl (C=O) groups excluding carboxylic acids is 1. The first-order valence-corrected chi connectivity index (χ1v) is 10.5. The zero-order valence-electron chi connectivity index (χ0n) is 16.5. The highest BCUT2D eigenvalue weighted by molar-refractivity contribution is 7.98. The second-order valence-electron chi connectivity index (χ2n) is 6.59. The van der Waals surface area contributed by atoms with Crippen LogP contribution in [0.4, 0.5) is 9.18 Å². The minimum absolute atomic E-state index is 0.0779. The lowest BCUT2D eigenvalue weighted by Crippen LogP contribution is -2.39. The molecule has 2 aromatic carbocycles.